The molecule has 7 nitrogen and oxygen atoms in total. The Morgan fingerprint density at radius 2 is 1.82 bits per heavy atom. The number of ether oxygens (including phenoxy) is 1. The number of nitrogens with one attached hydrogen (secondary N) is 1. The van der Waals surface area contributed by atoms with Gasteiger partial charge in [0, 0.05) is 31.1 Å². The van der Waals surface area contributed by atoms with E-state index >= 15 is 0 Å². The topological polar surface area (TPSA) is 76.5 Å². The van der Waals surface area contributed by atoms with Crippen LogP contribution in [0.5, 0.6) is 0 Å². The number of nitrogens with zero attached hydrogens (tertiary/aromatic N) is 3. The van der Waals surface area contributed by atoms with Crippen LogP contribution < -0.4 is 5.32 Å². The predicted octanol–water partition coefficient (Wildman–Crippen LogP) is 4.47. The first kappa shape index (κ1) is 25.0. The van der Waals surface area contributed by atoms with Crippen molar-refractivity contribution in [3.63, 3.8) is 0 Å². The highest BCUT2D eigenvalue weighted by Crippen LogP contribution is 2.27. The highest BCUT2D eigenvalue weighted by Gasteiger charge is 2.28. The summed E-state index contributed by atoms with van der Waals surface area (Å²) in [5, 5.41) is 7.78. The number of rotatable bonds is 8. The van der Waals surface area contributed by atoms with Gasteiger partial charge in [-0.1, -0.05) is 57.7 Å². The third-order valence-electron chi connectivity index (χ3n) is 6.19. The Kier molecular flexibility index (Phi) is 8.30. The van der Waals surface area contributed by atoms with Gasteiger partial charge in [0.2, 0.25) is 11.8 Å². The first-order valence-electron chi connectivity index (χ1n) is 11.9. The fourth-order valence-electron chi connectivity index (χ4n) is 4.15. The summed E-state index contributed by atoms with van der Waals surface area (Å²) in [6.45, 7) is 9.13. The Bertz CT molecular complexity index is 937. The average molecular weight is 455 g/mol. The molecule has 1 fully saturated rings. The molecule has 0 aliphatic heterocycles. The molecule has 2 aromatic rings. The zero-order valence-electron chi connectivity index (χ0n) is 20.7. The molecule has 1 aliphatic rings. The second-order valence-electron chi connectivity index (χ2n) is 10.0. The maximum atomic E-state index is 13.1. The number of hydrogen-bond donors (Lipinski definition) is 1. The van der Waals surface area contributed by atoms with Crippen molar-refractivity contribution in [3.8, 4) is 5.69 Å². The molecule has 1 aliphatic carbocycles. The number of carbonyl (C=O) groups is 2. The van der Waals surface area contributed by atoms with Crippen molar-refractivity contribution in [3.05, 3.63) is 41.6 Å². The zero-order valence-corrected chi connectivity index (χ0v) is 20.7. The molecule has 2 amide bonds. The van der Waals surface area contributed by atoms with Gasteiger partial charge in [-0.15, -0.1) is 0 Å². The summed E-state index contributed by atoms with van der Waals surface area (Å²) in [4.78, 5) is 27.8. The molecule has 0 saturated heterocycles. The first-order chi connectivity index (χ1) is 15.7. The predicted molar refractivity (Wildman–Crippen MR) is 131 cm³/mol. The van der Waals surface area contributed by atoms with Gasteiger partial charge < -0.3 is 15.0 Å². The molecule has 3 rings (SSSR count). The van der Waals surface area contributed by atoms with Gasteiger partial charge in [0.25, 0.3) is 0 Å². The lowest BCUT2D eigenvalue weighted by molar-refractivity contribution is -0.139. The lowest BCUT2D eigenvalue weighted by Gasteiger charge is -2.28. The third-order valence-corrected chi connectivity index (χ3v) is 6.19. The number of benzene rings is 1. The third kappa shape index (κ3) is 6.67. The van der Waals surface area contributed by atoms with Crippen molar-refractivity contribution in [2.75, 3.05) is 32.1 Å². The quantitative estimate of drug-likeness (QED) is 0.638. The van der Waals surface area contributed by atoms with E-state index in [9.17, 15) is 9.59 Å². The van der Waals surface area contributed by atoms with Crippen LogP contribution in [0.4, 0.5) is 5.82 Å². The number of hydrogen-bond acceptors (Lipinski definition) is 4. The van der Waals surface area contributed by atoms with Crippen LogP contribution in [0.3, 0.4) is 0 Å². The van der Waals surface area contributed by atoms with E-state index in [1.54, 1.807) is 16.7 Å². The minimum atomic E-state index is -0.232. The molecule has 33 heavy (non-hydrogen) atoms. The van der Waals surface area contributed by atoms with Gasteiger partial charge >= 0.3 is 0 Å². The molecule has 7 heteroatoms. The number of anilines is 1. The normalized spacial score (nSPS) is 14.8. The maximum absolute atomic E-state index is 13.1. The van der Waals surface area contributed by atoms with E-state index < -0.39 is 0 Å². The van der Waals surface area contributed by atoms with Crippen LogP contribution in [-0.2, 0) is 19.7 Å². The molecule has 1 aromatic heterocycles. The van der Waals surface area contributed by atoms with Crippen LogP contribution in [-0.4, -0.2) is 53.3 Å². The standard InChI is InChI=1S/C26H38N4O3/c1-19-11-13-21(14-12-19)30-23(17-22(28-30)26(2,3)4)27-24(31)18-29(15-16-33-5)25(32)20-9-7-6-8-10-20/h11-14,17,20H,6-10,15-16,18H2,1-5H3,(H,27,31). The fraction of sp³-hybridized carbons (Fsp3) is 0.577. The molecular formula is C26H38N4O3. The minimum absolute atomic E-state index is 0.00260. The Hall–Kier alpha value is -2.67. The van der Waals surface area contributed by atoms with E-state index in [4.69, 9.17) is 9.84 Å². The monoisotopic (exact) mass is 454 g/mol. The van der Waals surface area contributed by atoms with Gasteiger partial charge in [0.15, 0.2) is 0 Å². The summed E-state index contributed by atoms with van der Waals surface area (Å²) >= 11 is 0. The molecule has 0 atom stereocenters. The van der Waals surface area contributed by atoms with E-state index in [-0.39, 0.29) is 29.7 Å². The van der Waals surface area contributed by atoms with Crippen LogP contribution in [0.15, 0.2) is 30.3 Å². The van der Waals surface area contributed by atoms with Crippen molar-refractivity contribution in [1.29, 1.82) is 0 Å². The van der Waals surface area contributed by atoms with Gasteiger partial charge in [0.1, 0.15) is 5.82 Å². The van der Waals surface area contributed by atoms with E-state index in [0.29, 0.717) is 19.0 Å². The molecule has 1 heterocycles. The van der Waals surface area contributed by atoms with Crippen LogP contribution in [0, 0.1) is 12.8 Å². The molecule has 1 saturated carbocycles. The molecule has 1 aromatic carbocycles. The Labute approximate surface area is 197 Å². The molecule has 1 N–H and O–H groups in total. The van der Waals surface area contributed by atoms with E-state index in [1.165, 1.54) is 6.42 Å². The number of aryl methyl sites for hydroxylation is 1. The number of carbonyl (C=O) groups excluding carboxylic acids is 2. The summed E-state index contributed by atoms with van der Waals surface area (Å²) in [5.41, 5.74) is 2.74. The molecular weight excluding hydrogens is 416 g/mol. The smallest absolute Gasteiger partial charge is 0.245 e. The minimum Gasteiger partial charge on any atom is -0.383 e. The molecule has 0 spiro atoms. The van der Waals surface area contributed by atoms with Crippen molar-refractivity contribution >= 4 is 17.6 Å². The summed E-state index contributed by atoms with van der Waals surface area (Å²) in [5.74, 6) is 0.438. The summed E-state index contributed by atoms with van der Waals surface area (Å²) in [7, 11) is 1.61. The number of amides is 2. The van der Waals surface area contributed by atoms with Crippen LogP contribution in [0.2, 0.25) is 0 Å². The van der Waals surface area contributed by atoms with E-state index in [2.05, 4.69) is 26.1 Å². The van der Waals surface area contributed by atoms with Gasteiger partial charge in [-0.25, -0.2) is 4.68 Å². The Morgan fingerprint density at radius 1 is 1.15 bits per heavy atom. The number of methoxy groups -OCH3 is 1. The van der Waals surface area contributed by atoms with Gasteiger partial charge in [-0.2, -0.15) is 5.10 Å². The van der Waals surface area contributed by atoms with Gasteiger partial charge in [0.05, 0.1) is 24.5 Å². The van der Waals surface area contributed by atoms with Gasteiger partial charge in [-0.3, -0.25) is 9.59 Å². The molecule has 0 radical (unpaired) electrons. The fourth-order valence-corrected chi connectivity index (χ4v) is 4.15. The number of aromatic nitrogens is 2. The van der Waals surface area contributed by atoms with Crippen LogP contribution in [0.25, 0.3) is 5.69 Å². The lowest BCUT2D eigenvalue weighted by atomic mass is 9.88. The molecule has 0 unspecified atom stereocenters. The van der Waals surface area contributed by atoms with Crippen molar-refractivity contribution in [1.82, 2.24) is 14.7 Å². The highest BCUT2D eigenvalue weighted by atomic mass is 16.5. The Morgan fingerprint density at radius 3 is 2.42 bits per heavy atom. The van der Waals surface area contributed by atoms with Gasteiger partial charge in [-0.05, 0) is 31.9 Å². The van der Waals surface area contributed by atoms with Crippen molar-refractivity contribution in [2.24, 2.45) is 5.92 Å². The van der Waals surface area contributed by atoms with E-state index in [1.807, 2.05) is 37.3 Å². The Balaban J connectivity index is 1.80. The second kappa shape index (κ2) is 11.0. The van der Waals surface area contributed by atoms with E-state index in [0.717, 1.165) is 42.6 Å². The summed E-state index contributed by atoms with van der Waals surface area (Å²) in [6, 6.07) is 9.94. The molecule has 0 bridgehead atoms. The first-order valence-corrected chi connectivity index (χ1v) is 11.9. The molecule has 180 valence electrons. The van der Waals surface area contributed by atoms with Crippen molar-refractivity contribution < 1.29 is 14.3 Å². The highest BCUT2D eigenvalue weighted by molar-refractivity contribution is 5.94. The largest absolute Gasteiger partial charge is 0.383 e. The SMILES string of the molecule is COCCN(CC(=O)Nc1cc(C(C)(C)C)nn1-c1ccc(C)cc1)C(=O)C1CCCCC1. The average Bonchev–Trinajstić information content (AvgIpc) is 3.21. The second-order valence-corrected chi connectivity index (χ2v) is 10.0. The summed E-state index contributed by atoms with van der Waals surface area (Å²) < 4.78 is 6.96. The van der Waals surface area contributed by atoms with Crippen LogP contribution >= 0.6 is 0 Å². The zero-order chi connectivity index (χ0) is 24.0. The lowest BCUT2D eigenvalue weighted by Crippen LogP contribution is -2.43. The summed E-state index contributed by atoms with van der Waals surface area (Å²) in [6.07, 6.45) is 5.14. The van der Waals surface area contributed by atoms with Crippen molar-refractivity contribution in [2.45, 2.75) is 65.2 Å². The maximum Gasteiger partial charge on any atom is 0.245 e. The van der Waals surface area contributed by atoms with Crippen LogP contribution in [0.1, 0.15) is 64.1 Å².